The quantitative estimate of drug-likeness (QED) is 0.514. The average molecular weight is 416 g/mol. The van der Waals surface area contributed by atoms with Crippen molar-refractivity contribution in [3.05, 3.63) is 88.2 Å². The van der Waals surface area contributed by atoms with Crippen LogP contribution in [-0.4, -0.2) is 29.4 Å². The number of anilines is 1. The highest BCUT2D eigenvalue weighted by atomic mass is 32.1. The largest absolute Gasteiger partial charge is 0.361 e. The maximum absolute atomic E-state index is 13.6. The zero-order valence-corrected chi connectivity index (χ0v) is 17.1. The monoisotopic (exact) mass is 415 g/mol. The first-order valence-electron chi connectivity index (χ1n) is 9.99. The van der Waals surface area contributed by atoms with Gasteiger partial charge in [-0.15, -0.1) is 11.3 Å². The smallest absolute Gasteiger partial charge is 0.262 e. The van der Waals surface area contributed by atoms with Crippen LogP contribution in [0.4, 0.5) is 5.69 Å². The van der Waals surface area contributed by atoms with Crippen molar-refractivity contribution in [1.29, 1.82) is 0 Å². The van der Waals surface area contributed by atoms with E-state index in [0.717, 1.165) is 28.6 Å². The van der Waals surface area contributed by atoms with E-state index < -0.39 is 6.04 Å². The first kappa shape index (κ1) is 18.6. The van der Waals surface area contributed by atoms with Gasteiger partial charge in [0.2, 0.25) is 5.91 Å². The van der Waals surface area contributed by atoms with Gasteiger partial charge in [-0.3, -0.25) is 9.59 Å². The fraction of sp³-hybridized carbons (Fsp3) is 0.167. The minimum Gasteiger partial charge on any atom is -0.361 e. The summed E-state index contributed by atoms with van der Waals surface area (Å²) in [4.78, 5) is 32.1. The van der Waals surface area contributed by atoms with Crippen LogP contribution in [0.3, 0.4) is 0 Å². The van der Waals surface area contributed by atoms with Crippen molar-refractivity contribution < 1.29 is 9.59 Å². The molecule has 0 aliphatic carbocycles. The molecule has 30 heavy (non-hydrogen) atoms. The maximum atomic E-state index is 13.6. The third-order valence-electron chi connectivity index (χ3n) is 5.60. The third kappa shape index (κ3) is 3.39. The SMILES string of the molecule is O=C(N[C@@H](Cc1c[nH]c2ccccc12)C(=O)N1CCc2ccccc21)c1cccs1. The van der Waals surface area contributed by atoms with E-state index in [1.54, 1.807) is 6.07 Å². The Morgan fingerprint density at radius 3 is 2.77 bits per heavy atom. The number of benzene rings is 2. The molecule has 0 bridgehead atoms. The Kier molecular flexibility index (Phi) is 4.85. The van der Waals surface area contributed by atoms with Gasteiger partial charge in [0.05, 0.1) is 4.88 Å². The molecule has 3 heterocycles. The lowest BCUT2D eigenvalue weighted by Crippen LogP contribution is -2.49. The number of aromatic amines is 1. The molecular formula is C24H21N3O2S. The molecule has 5 rings (SSSR count). The first-order valence-corrected chi connectivity index (χ1v) is 10.9. The van der Waals surface area contributed by atoms with Gasteiger partial charge in [-0.2, -0.15) is 0 Å². The summed E-state index contributed by atoms with van der Waals surface area (Å²) in [5.74, 6) is -0.286. The normalized spacial score (nSPS) is 13.9. The predicted molar refractivity (Wildman–Crippen MR) is 120 cm³/mol. The highest BCUT2D eigenvalue weighted by molar-refractivity contribution is 7.12. The Bertz CT molecular complexity index is 1210. The molecule has 1 aliphatic heterocycles. The molecule has 150 valence electrons. The molecule has 2 aromatic heterocycles. The highest BCUT2D eigenvalue weighted by Crippen LogP contribution is 2.29. The standard InChI is InChI=1S/C24H21N3O2S/c28-23(22-10-5-13-30-22)26-20(14-17-15-25-19-8-3-2-7-18(17)19)24(29)27-12-11-16-6-1-4-9-21(16)27/h1-10,13,15,20,25H,11-12,14H2,(H,26,28)/t20-/m0/s1. The molecule has 1 aliphatic rings. The van der Waals surface area contributed by atoms with Gasteiger partial charge in [0, 0.05) is 35.8 Å². The molecule has 0 saturated heterocycles. The Morgan fingerprint density at radius 1 is 1.07 bits per heavy atom. The number of aromatic nitrogens is 1. The number of carbonyl (C=O) groups excluding carboxylic acids is 2. The van der Waals surface area contributed by atoms with Gasteiger partial charge in [-0.05, 0) is 41.1 Å². The van der Waals surface area contributed by atoms with E-state index in [-0.39, 0.29) is 11.8 Å². The minimum absolute atomic E-state index is 0.0739. The minimum atomic E-state index is -0.648. The second kappa shape index (κ2) is 7.80. The summed E-state index contributed by atoms with van der Waals surface area (Å²) in [6, 6.07) is 19.0. The number of nitrogens with one attached hydrogen (secondary N) is 2. The molecule has 0 unspecified atom stereocenters. The summed E-state index contributed by atoms with van der Waals surface area (Å²) in [5.41, 5.74) is 4.15. The zero-order chi connectivity index (χ0) is 20.5. The Labute approximate surface area is 178 Å². The fourth-order valence-electron chi connectivity index (χ4n) is 4.11. The van der Waals surface area contributed by atoms with Crippen LogP contribution in [0, 0.1) is 0 Å². The van der Waals surface area contributed by atoms with Crippen molar-refractivity contribution in [2.24, 2.45) is 0 Å². The van der Waals surface area contributed by atoms with E-state index >= 15 is 0 Å². The second-order valence-electron chi connectivity index (χ2n) is 7.44. The van der Waals surface area contributed by atoms with E-state index in [1.165, 1.54) is 16.9 Å². The van der Waals surface area contributed by atoms with Crippen LogP contribution in [0.25, 0.3) is 10.9 Å². The van der Waals surface area contributed by atoms with Crippen molar-refractivity contribution in [3.63, 3.8) is 0 Å². The average Bonchev–Trinajstić information content (AvgIpc) is 3.52. The van der Waals surface area contributed by atoms with Gasteiger partial charge >= 0.3 is 0 Å². The van der Waals surface area contributed by atoms with Crippen molar-refractivity contribution in [1.82, 2.24) is 10.3 Å². The van der Waals surface area contributed by atoms with E-state index in [1.807, 2.05) is 65.0 Å². The number of carbonyl (C=O) groups is 2. The lowest BCUT2D eigenvalue weighted by atomic mass is 10.0. The first-order chi connectivity index (χ1) is 14.7. The number of amides is 2. The zero-order valence-electron chi connectivity index (χ0n) is 16.3. The molecule has 2 amide bonds. The van der Waals surface area contributed by atoms with E-state index in [0.29, 0.717) is 17.8 Å². The summed E-state index contributed by atoms with van der Waals surface area (Å²) in [5, 5.41) is 5.93. The Balaban J connectivity index is 1.46. The number of hydrogen-bond donors (Lipinski definition) is 2. The number of rotatable bonds is 5. The molecule has 0 saturated carbocycles. The predicted octanol–water partition coefficient (Wildman–Crippen LogP) is 4.16. The molecule has 0 fully saturated rings. The number of fused-ring (bicyclic) bond motifs is 2. The van der Waals surface area contributed by atoms with Crippen LogP contribution in [0.1, 0.15) is 20.8 Å². The molecule has 0 radical (unpaired) electrons. The van der Waals surface area contributed by atoms with E-state index in [4.69, 9.17) is 0 Å². The van der Waals surface area contributed by atoms with Crippen LogP contribution in [0.5, 0.6) is 0 Å². The van der Waals surface area contributed by atoms with E-state index in [9.17, 15) is 9.59 Å². The molecule has 5 nitrogen and oxygen atoms in total. The maximum Gasteiger partial charge on any atom is 0.262 e. The van der Waals surface area contributed by atoms with E-state index in [2.05, 4.69) is 16.4 Å². The van der Waals surface area contributed by atoms with Gasteiger partial charge in [-0.25, -0.2) is 0 Å². The van der Waals surface area contributed by atoms with Crippen molar-refractivity contribution in [3.8, 4) is 0 Å². The van der Waals surface area contributed by atoms with Gasteiger partial charge in [0.25, 0.3) is 5.91 Å². The second-order valence-corrected chi connectivity index (χ2v) is 8.38. The van der Waals surface area contributed by atoms with Gasteiger partial charge in [0.15, 0.2) is 0 Å². The highest BCUT2D eigenvalue weighted by Gasteiger charge is 2.32. The van der Waals surface area contributed by atoms with Crippen LogP contribution < -0.4 is 10.2 Å². The number of para-hydroxylation sites is 2. The summed E-state index contributed by atoms with van der Waals surface area (Å²) < 4.78 is 0. The van der Waals surface area contributed by atoms with Crippen molar-refractivity contribution in [2.75, 3.05) is 11.4 Å². The molecular weight excluding hydrogens is 394 g/mol. The summed E-state index contributed by atoms with van der Waals surface area (Å²) in [6.07, 6.45) is 3.19. The number of hydrogen-bond acceptors (Lipinski definition) is 3. The Hall–Kier alpha value is -3.38. The van der Waals surface area contributed by atoms with Gasteiger partial charge in [-0.1, -0.05) is 42.5 Å². The lowest BCUT2D eigenvalue weighted by Gasteiger charge is -2.25. The van der Waals surface area contributed by atoms with Crippen LogP contribution >= 0.6 is 11.3 Å². The Morgan fingerprint density at radius 2 is 1.90 bits per heavy atom. The van der Waals surface area contributed by atoms with Crippen molar-refractivity contribution >= 4 is 39.7 Å². The molecule has 6 heteroatoms. The fourth-order valence-corrected chi connectivity index (χ4v) is 4.74. The molecule has 4 aromatic rings. The van der Waals surface area contributed by atoms with Gasteiger partial charge < -0.3 is 15.2 Å². The number of thiophene rings is 1. The summed E-state index contributed by atoms with van der Waals surface area (Å²) in [6.45, 7) is 0.636. The molecule has 2 N–H and O–H groups in total. The lowest BCUT2D eigenvalue weighted by molar-refractivity contribution is -0.120. The third-order valence-corrected chi connectivity index (χ3v) is 6.47. The molecule has 1 atom stereocenters. The van der Waals surface area contributed by atoms with Crippen LogP contribution in [0.15, 0.2) is 72.2 Å². The summed E-state index contributed by atoms with van der Waals surface area (Å²) >= 11 is 1.37. The van der Waals surface area contributed by atoms with Gasteiger partial charge in [0.1, 0.15) is 6.04 Å². The topological polar surface area (TPSA) is 65.2 Å². The molecule has 2 aromatic carbocycles. The van der Waals surface area contributed by atoms with Crippen LogP contribution in [-0.2, 0) is 17.6 Å². The number of nitrogens with zero attached hydrogens (tertiary/aromatic N) is 1. The van der Waals surface area contributed by atoms with Crippen molar-refractivity contribution in [2.45, 2.75) is 18.9 Å². The molecule has 0 spiro atoms. The number of H-pyrrole nitrogens is 1. The summed E-state index contributed by atoms with van der Waals surface area (Å²) in [7, 11) is 0. The van der Waals surface area contributed by atoms with Crippen LogP contribution in [0.2, 0.25) is 0 Å².